The fourth-order valence-corrected chi connectivity index (χ4v) is 2.96. The van der Waals surface area contributed by atoms with E-state index < -0.39 is 5.60 Å². The third kappa shape index (κ3) is 8.01. The predicted octanol–water partition coefficient (Wildman–Crippen LogP) is 4.29. The minimum Gasteiger partial charge on any atom is -0.444 e. The SMILES string of the molecule is CC(C)C(CNCc1ccc(Cl)s1)CNC(=O)OC(C)(C)C. The fraction of sp³-hybridized carbons (Fsp3) is 0.688. The Hall–Kier alpha value is -0.780. The number of hydrogen-bond acceptors (Lipinski definition) is 4. The summed E-state index contributed by atoms with van der Waals surface area (Å²) in [5.74, 6) is 0.817. The number of carbonyl (C=O) groups is 1. The fourth-order valence-electron chi connectivity index (χ4n) is 1.90. The molecule has 1 unspecified atom stereocenters. The lowest BCUT2D eigenvalue weighted by atomic mass is 9.96. The molecule has 1 aromatic heterocycles. The van der Waals surface area contributed by atoms with Gasteiger partial charge in [0.25, 0.3) is 0 Å². The summed E-state index contributed by atoms with van der Waals surface area (Å²) in [6.45, 7) is 12.1. The molecule has 22 heavy (non-hydrogen) atoms. The molecule has 6 heteroatoms. The molecule has 0 saturated carbocycles. The molecule has 0 bridgehead atoms. The van der Waals surface area contributed by atoms with Crippen molar-refractivity contribution in [3.63, 3.8) is 0 Å². The second-order valence-electron chi connectivity index (χ2n) is 6.72. The summed E-state index contributed by atoms with van der Waals surface area (Å²) in [5.41, 5.74) is -0.464. The summed E-state index contributed by atoms with van der Waals surface area (Å²) in [6, 6.07) is 3.94. The van der Waals surface area contributed by atoms with Gasteiger partial charge in [0.15, 0.2) is 0 Å². The van der Waals surface area contributed by atoms with Crippen LogP contribution in [0.3, 0.4) is 0 Å². The topological polar surface area (TPSA) is 50.4 Å². The molecule has 1 heterocycles. The Kier molecular flexibility index (Phi) is 7.66. The van der Waals surface area contributed by atoms with Gasteiger partial charge in [-0.1, -0.05) is 25.4 Å². The molecule has 0 spiro atoms. The van der Waals surface area contributed by atoms with Crippen LogP contribution in [0.1, 0.15) is 39.5 Å². The van der Waals surface area contributed by atoms with Crippen molar-refractivity contribution in [3.8, 4) is 0 Å². The first-order chi connectivity index (χ1) is 10.2. The Morgan fingerprint density at radius 3 is 2.50 bits per heavy atom. The van der Waals surface area contributed by atoms with Gasteiger partial charge in [-0.05, 0) is 44.7 Å². The largest absolute Gasteiger partial charge is 0.444 e. The highest BCUT2D eigenvalue weighted by Gasteiger charge is 2.19. The Morgan fingerprint density at radius 2 is 2.00 bits per heavy atom. The highest BCUT2D eigenvalue weighted by molar-refractivity contribution is 7.16. The van der Waals surface area contributed by atoms with Gasteiger partial charge in [-0.25, -0.2) is 4.79 Å². The van der Waals surface area contributed by atoms with Gasteiger partial charge >= 0.3 is 6.09 Å². The Balaban J connectivity index is 2.34. The number of amides is 1. The molecule has 0 aliphatic heterocycles. The Bertz CT molecular complexity index is 469. The monoisotopic (exact) mass is 346 g/mol. The van der Waals surface area contributed by atoms with Crippen LogP contribution in [0.15, 0.2) is 12.1 Å². The molecule has 2 N–H and O–H groups in total. The zero-order valence-corrected chi connectivity index (χ0v) is 15.6. The zero-order valence-electron chi connectivity index (χ0n) is 14.0. The maximum absolute atomic E-state index is 11.7. The van der Waals surface area contributed by atoms with Gasteiger partial charge in [0, 0.05) is 24.5 Å². The van der Waals surface area contributed by atoms with E-state index in [4.69, 9.17) is 16.3 Å². The van der Waals surface area contributed by atoms with Crippen LogP contribution in [0, 0.1) is 11.8 Å². The normalized spacial score (nSPS) is 13.2. The number of alkyl carbamates (subject to hydrolysis) is 1. The number of hydrogen-bond donors (Lipinski definition) is 2. The smallest absolute Gasteiger partial charge is 0.407 e. The van der Waals surface area contributed by atoms with Crippen molar-refractivity contribution in [2.75, 3.05) is 13.1 Å². The molecule has 1 aromatic rings. The standard InChI is InChI=1S/C16H27ClN2O2S/c1-11(2)12(9-19-15(20)21-16(3,4)5)8-18-10-13-6-7-14(17)22-13/h6-7,11-12,18H,8-10H2,1-5H3,(H,19,20). The number of carbonyl (C=O) groups excluding carboxylic acids is 1. The molecule has 0 fully saturated rings. The van der Waals surface area contributed by atoms with E-state index in [1.54, 1.807) is 11.3 Å². The molecule has 1 amide bonds. The minimum absolute atomic E-state index is 0.350. The molecule has 1 atom stereocenters. The third-order valence-electron chi connectivity index (χ3n) is 3.18. The number of nitrogens with one attached hydrogen (secondary N) is 2. The highest BCUT2D eigenvalue weighted by atomic mass is 35.5. The van der Waals surface area contributed by atoms with Crippen molar-refractivity contribution in [2.24, 2.45) is 11.8 Å². The predicted molar refractivity (Wildman–Crippen MR) is 93.6 cm³/mol. The van der Waals surface area contributed by atoms with Crippen molar-refractivity contribution < 1.29 is 9.53 Å². The maximum atomic E-state index is 11.7. The summed E-state index contributed by atoms with van der Waals surface area (Å²) in [5, 5.41) is 6.28. The van der Waals surface area contributed by atoms with Crippen LogP contribution in [0.4, 0.5) is 4.79 Å². The molecule has 126 valence electrons. The molecular weight excluding hydrogens is 320 g/mol. The van der Waals surface area contributed by atoms with Gasteiger partial charge in [-0.3, -0.25) is 0 Å². The van der Waals surface area contributed by atoms with Crippen LogP contribution in [0.2, 0.25) is 4.34 Å². The summed E-state index contributed by atoms with van der Waals surface area (Å²) in [4.78, 5) is 12.9. The van der Waals surface area contributed by atoms with Crippen LogP contribution in [0.25, 0.3) is 0 Å². The van der Waals surface area contributed by atoms with Crippen molar-refractivity contribution in [2.45, 2.75) is 46.8 Å². The van der Waals surface area contributed by atoms with Gasteiger partial charge in [0.1, 0.15) is 5.60 Å². The van der Waals surface area contributed by atoms with Crippen LogP contribution < -0.4 is 10.6 Å². The molecule has 0 saturated heterocycles. The van der Waals surface area contributed by atoms with Gasteiger partial charge in [-0.2, -0.15) is 0 Å². The lowest BCUT2D eigenvalue weighted by Gasteiger charge is -2.24. The molecule has 0 aliphatic carbocycles. The first kappa shape index (κ1) is 19.3. The number of halogens is 1. The molecule has 0 aromatic carbocycles. The average Bonchev–Trinajstić information content (AvgIpc) is 2.76. The summed E-state index contributed by atoms with van der Waals surface area (Å²) in [6.07, 6.45) is -0.358. The molecule has 0 radical (unpaired) electrons. The first-order valence-corrected chi connectivity index (χ1v) is 8.78. The van der Waals surface area contributed by atoms with Crippen LogP contribution in [0.5, 0.6) is 0 Å². The molecule has 0 aliphatic rings. The van der Waals surface area contributed by atoms with Crippen LogP contribution in [-0.4, -0.2) is 24.8 Å². The van der Waals surface area contributed by atoms with E-state index >= 15 is 0 Å². The van der Waals surface area contributed by atoms with E-state index in [9.17, 15) is 4.79 Å². The van der Waals surface area contributed by atoms with E-state index in [0.717, 1.165) is 17.4 Å². The second-order valence-corrected chi connectivity index (χ2v) is 8.52. The quantitative estimate of drug-likeness (QED) is 0.774. The van der Waals surface area contributed by atoms with E-state index in [0.29, 0.717) is 18.4 Å². The summed E-state index contributed by atoms with van der Waals surface area (Å²) in [7, 11) is 0. The summed E-state index contributed by atoms with van der Waals surface area (Å²) >= 11 is 7.50. The molecular formula is C16H27ClN2O2S. The van der Waals surface area contributed by atoms with E-state index in [1.165, 1.54) is 4.88 Å². The van der Waals surface area contributed by atoms with E-state index in [1.807, 2.05) is 32.9 Å². The van der Waals surface area contributed by atoms with Gasteiger partial charge in [0.2, 0.25) is 0 Å². The van der Waals surface area contributed by atoms with Crippen molar-refractivity contribution in [3.05, 3.63) is 21.3 Å². The zero-order chi connectivity index (χ0) is 16.8. The second kappa shape index (κ2) is 8.75. The lowest BCUT2D eigenvalue weighted by Crippen LogP contribution is -2.39. The van der Waals surface area contributed by atoms with Crippen LogP contribution in [-0.2, 0) is 11.3 Å². The number of ether oxygens (including phenoxy) is 1. The Labute approximate surface area is 142 Å². The molecule has 1 rings (SSSR count). The van der Waals surface area contributed by atoms with Crippen molar-refractivity contribution >= 4 is 29.0 Å². The van der Waals surface area contributed by atoms with Crippen molar-refractivity contribution in [1.29, 1.82) is 0 Å². The van der Waals surface area contributed by atoms with Crippen LogP contribution >= 0.6 is 22.9 Å². The maximum Gasteiger partial charge on any atom is 0.407 e. The van der Waals surface area contributed by atoms with Gasteiger partial charge in [0.05, 0.1) is 4.34 Å². The number of thiophene rings is 1. The number of rotatable bonds is 7. The summed E-state index contributed by atoms with van der Waals surface area (Å²) < 4.78 is 6.07. The van der Waals surface area contributed by atoms with Crippen molar-refractivity contribution in [1.82, 2.24) is 10.6 Å². The van der Waals surface area contributed by atoms with Gasteiger partial charge in [-0.15, -0.1) is 11.3 Å². The minimum atomic E-state index is -0.464. The first-order valence-electron chi connectivity index (χ1n) is 7.59. The van der Waals surface area contributed by atoms with E-state index in [2.05, 4.69) is 24.5 Å². The van der Waals surface area contributed by atoms with E-state index in [-0.39, 0.29) is 6.09 Å². The highest BCUT2D eigenvalue weighted by Crippen LogP contribution is 2.21. The van der Waals surface area contributed by atoms with Gasteiger partial charge < -0.3 is 15.4 Å². The Morgan fingerprint density at radius 1 is 1.32 bits per heavy atom. The molecule has 4 nitrogen and oxygen atoms in total. The lowest BCUT2D eigenvalue weighted by molar-refractivity contribution is 0.0515. The third-order valence-corrected chi connectivity index (χ3v) is 4.42. The average molecular weight is 347 g/mol.